The Balaban J connectivity index is 1.64. The van der Waals surface area contributed by atoms with E-state index < -0.39 is 0 Å². The monoisotopic (exact) mass is 341 g/mol. The smallest absolute Gasteiger partial charge is 0.163 e. The van der Waals surface area contributed by atoms with Gasteiger partial charge in [0.05, 0.1) is 17.8 Å². The molecule has 1 aliphatic rings. The van der Waals surface area contributed by atoms with Crippen LogP contribution in [-0.2, 0) is 6.54 Å². The lowest BCUT2D eigenvalue weighted by atomic mass is 10.1. The second-order valence-corrected chi connectivity index (χ2v) is 6.45. The molecule has 3 heterocycles. The Labute approximate surface area is 143 Å². The van der Waals surface area contributed by atoms with Crippen LogP contribution in [0.5, 0.6) is 0 Å². The number of Topliss-reactive ketones (excluding diaryl/α,β-unsaturated/α-hetero) is 1. The number of carbonyl (C=O) groups is 1. The van der Waals surface area contributed by atoms with E-state index in [4.69, 9.17) is 11.6 Å². The Kier molecular flexibility index (Phi) is 3.69. The first-order valence-electron chi connectivity index (χ1n) is 7.84. The first kappa shape index (κ1) is 15.1. The molecule has 0 atom stereocenters. The molecule has 24 heavy (non-hydrogen) atoms. The summed E-state index contributed by atoms with van der Waals surface area (Å²) in [7, 11) is 0. The van der Waals surface area contributed by atoms with E-state index in [1.165, 1.54) is 24.7 Å². The Morgan fingerprint density at radius 1 is 1.33 bits per heavy atom. The van der Waals surface area contributed by atoms with Crippen molar-refractivity contribution in [3.05, 3.63) is 52.8 Å². The molecule has 0 unspecified atom stereocenters. The molecule has 3 aromatic heterocycles. The summed E-state index contributed by atoms with van der Waals surface area (Å²) in [5.74, 6) is 1.26. The minimum Gasteiger partial charge on any atom is -0.364 e. The standard InChI is InChI=1S/C17H16ClN5O/c1-10(24)14-4-12(11-2-3-11)7-23-8-13(22-17(14)23)6-19-16-5-15(18)20-9-21-16/h4-5,7-9,11H,2-3,6H2,1H3,(H,19,20,21). The first-order chi connectivity index (χ1) is 11.6. The lowest BCUT2D eigenvalue weighted by Gasteiger charge is -2.04. The van der Waals surface area contributed by atoms with Crippen molar-refractivity contribution in [2.45, 2.75) is 32.2 Å². The molecule has 1 saturated carbocycles. The molecule has 0 saturated heterocycles. The zero-order valence-electron chi connectivity index (χ0n) is 13.2. The highest BCUT2D eigenvalue weighted by atomic mass is 35.5. The average molecular weight is 342 g/mol. The number of rotatable bonds is 5. The SMILES string of the molecule is CC(=O)c1cc(C2CC2)cn2cc(CNc3cc(Cl)ncn3)nc12. The third-order valence-corrected chi connectivity index (χ3v) is 4.34. The highest BCUT2D eigenvalue weighted by Gasteiger charge is 2.25. The van der Waals surface area contributed by atoms with Gasteiger partial charge in [0.25, 0.3) is 0 Å². The Bertz CT molecular complexity index is 932. The Hall–Kier alpha value is -2.47. The number of anilines is 1. The topological polar surface area (TPSA) is 72.2 Å². The van der Waals surface area contributed by atoms with Gasteiger partial charge in [-0.25, -0.2) is 15.0 Å². The van der Waals surface area contributed by atoms with Crippen LogP contribution in [0.25, 0.3) is 5.65 Å². The summed E-state index contributed by atoms with van der Waals surface area (Å²) in [5.41, 5.74) is 3.42. The first-order valence-corrected chi connectivity index (χ1v) is 8.22. The number of halogens is 1. The van der Waals surface area contributed by atoms with E-state index in [9.17, 15) is 4.79 Å². The molecule has 0 aliphatic heterocycles. The fourth-order valence-corrected chi connectivity index (χ4v) is 2.91. The summed E-state index contributed by atoms with van der Waals surface area (Å²) < 4.78 is 1.95. The van der Waals surface area contributed by atoms with E-state index >= 15 is 0 Å². The molecule has 0 radical (unpaired) electrons. The molecule has 0 spiro atoms. The number of hydrogen-bond acceptors (Lipinski definition) is 5. The van der Waals surface area contributed by atoms with Gasteiger partial charge in [0.2, 0.25) is 0 Å². The molecular formula is C17H16ClN5O. The second kappa shape index (κ2) is 5.87. The number of aromatic nitrogens is 4. The molecule has 0 aromatic carbocycles. The summed E-state index contributed by atoms with van der Waals surface area (Å²) in [6.45, 7) is 2.08. The van der Waals surface area contributed by atoms with E-state index in [1.807, 2.05) is 16.7 Å². The van der Waals surface area contributed by atoms with Crippen LogP contribution >= 0.6 is 11.6 Å². The Morgan fingerprint density at radius 3 is 2.88 bits per heavy atom. The van der Waals surface area contributed by atoms with Gasteiger partial charge in [0, 0.05) is 18.5 Å². The molecular weight excluding hydrogens is 326 g/mol. The van der Waals surface area contributed by atoms with Crippen LogP contribution < -0.4 is 5.32 Å². The van der Waals surface area contributed by atoms with Gasteiger partial charge >= 0.3 is 0 Å². The van der Waals surface area contributed by atoms with Crippen molar-refractivity contribution in [2.24, 2.45) is 0 Å². The van der Waals surface area contributed by atoms with E-state index in [2.05, 4.69) is 26.5 Å². The Morgan fingerprint density at radius 2 is 2.17 bits per heavy atom. The van der Waals surface area contributed by atoms with Crippen LogP contribution in [0.4, 0.5) is 5.82 Å². The minimum atomic E-state index is 0.0372. The largest absolute Gasteiger partial charge is 0.364 e. The van der Waals surface area contributed by atoms with Crippen LogP contribution in [0.1, 0.15) is 47.3 Å². The van der Waals surface area contributed by atoms with Crippen molar-refractivity contribution >= 4 is 28.8 Å². The second-order valence-electron chi connectivity index (χ2n) is 6.06. The van der Waals surface area contributed by atoms with Gasteiger partial charge in [0.15, 0.2) is 5.78 Å². The number of nitrogens with one attached hydrogen (secondary N) is 1. The maximum Gasteiger partial charge on any atom is 0.163 e. The highest BCUT2D eigenvalue weighted by Crippen LogP contribution is 2.40. The number of pyridine rings is 1. The molecule has 4 rings (SSSR count). The third kappa shape index (κ3) is 2.97. The number of nitrogens with zero attached hydrogens (tertiary/aromatic N) is 4. The molecule has 122 valence electrons. The van der Waals surface area contributed by atoms with Gasteiger partial charge in [-0.15, -0.1) is 0 Å². The van der Waals surface area contributed by atoms with Gasteiger partial charge in [-0.05, 0) is 37.3 Å². The molecule has 1 fully saturated rings. The van der Waals surface area contributed by atoms with Gasteiger partial charge in [0.1, 0.15) is 22.9 Å². The van der Waals surface area contributed by atoms with Crippen LogP contribution in [-0.4, -0.2) is 25.1 Å². The van der Waals surface area contributed by atoms with Crippen molar-refractivity contribution < 1.29 is 4.79 Å². The highest BCUT2D eigenvalue weighted by molar-refractivity contribution is 6.29. The maximum absolute atomic E-state index is 12.0. The quantitative estimate of drug-likeness (QED) is 0.568. The summed E-state index contributed by atoms with van der Waals surface area (Å²) in [6, 6.07) is 3.65. The van der Waals surface area contributed by atoms with Crippen LogP contribution in [0.3, 0.4) is 0 Å². The van der Waals surface area contributed by atoms with Crippen molar-refractivity contribution in [3.63, 3.8) is 0 Å². The van der Waals surface area contributed by atoms with E-state index in [1.54, 1.807) is 13.0 Å². The van der Waals surface area contributed by atoms with E-state index in [0.717, 1.165) is 5.69 Å². The fraction of sp³-hybridized carbons (Fsp3) is 0.294. The molecule has 1 aliphatic carbocycles. The molecule has 0 amide bonds. The van der Waals surface area contributed by atoms with Gasteiger partial charge in [-0.3, -0.25) is 4.79 Å². The lowest BCUT2D eigenvalue weighted by molar-refractivity contribution is 0.101. The predicted octanol–water partition coefficient (Wildman–Crippen LogP) is 3.47. The molecule has 6 nitrogen and oxygen atoms in total. The van der Waals surface area contributed by atoms with E-state index in [-0.39, 0.29) is 5.78 Å². The lowest BCUT2D eigenvalue weighted by Crippen LogP contribution is -2.02. The summed E-state index contributed by atoms with van der Waals surface area (Å²) >= 11 is 5.85. The van der Waals surface area contributed by atoms with Crippen LogP contribution in [0.15, 0.2) is 30.9 Å². The van der Waals surface area contributed by atoms with Crippen molar-refractivity contribution in [1.82, 2.24) is 19.4 Å². The minimum absolute atomic E-state index is 0.0372. The zero-order valence-corrected chi connectivity index (χ0v) is 13.9. The van der Waals surface area contributed by atoms with Crippen LogP contribution in [0.2, 0.25) is 5.15 Å². The van der Waals surface area contributed by atoms with Crippen LogP contribution in [0, 0.1) is 0 Å². The predicted molar refractivity (Wildman–Crippen MR) is 91.5 cm³/mol. The molecule has 0 bridgehead atoms. The number of carbonyl (C=O) groups excluding carboxylic acids is 1. The number of imidazole rings is 1. The van der Waals surface area contributed by atoms with Gasteiger partial charge in [-0.2, -0.15) is 0 Å². The van der Waals surface area contributed by atoms with Crippen molar-refractivity contribution in [1.29, 1.82) is 0 Å². The van der Waals surface area contributed by atoms with Gasteiger partial charge in [-0.1, -0.05) is 11.6 Å². The average Bonchev–Trinajstić information content (AvgIpc) is 3.32. The van der Waals surface area contributed by atoms with Crippen molar-refractivity contribution in [2.75, 3.05) is 5.32 Å². The number of hydrogen-bond donors (Lipinski definition) is 1. The van der Waals surface area contributed by atoms with Crippen molar-refractivity contribution in [3.8, 4) is 0 Å². The summed E-state index contributed by atoms with van der Waals surface area (Å²) in [6.07, 6.45) is 7.83. The molecule has 7 heteroatoms. The number of ketones is 1. The molecule has 1 N–H and O–H groups in total. The van der Waals surface area contributed by atoms with E-state index in [0.29, 0.717) is 34.6 Å². The molecule has 3 aromatic rings. The normalized spacial score (nSPS) is 14.1. The van der Waals surface area contributed by atoms with Gasteiger partial charge < -0.3 is 9.72 Å². The maximum atomic E-state index is 12.0. The number of fused-ring (bicyclic) bond motifs is 1. The summed E-state index contributed by atoms with van der Waals surface area (Å²) in [5, 5.41) is 3.55. The third-order valence-electron chi connectivity index (χ3n) is 4.13. The summed E-state index contributed by atoms with van der Waals surface area (Å²) in [4.78, 5) is 24.5. The zero-order chi connectivity index (χ0) is 16.7. The fourth-order valence-electron chi connectivity index (χ4n) is 2.77.